The molecule has 0 radical (unpaired) electrons. The van der Waals surface area contributed by atoms with Gasteiger partial charge in [0.25, 0.3) is 5.92 Å². The van der Waals surface area contributed by atoms with Gasteiger partial charge in [0, 0.05) is 30.4 Å². The molecule has 4 rings (SSSR count). The van der Waals surface area contributed by atoms with Gasteiger partial charge in [-0.05, 0) is 18.7 Å². The average Bonchev–Trinajstić information content (AvgIpc) is 3.19. The highest BCUT2D eigenvalue weighted by molar-refractivity contribution is 5.68. The lowest BCUT2D eigenvalue weighted by Gasteiger charge is -2.31. The van der Waals surface area contributed by atoms with Gasteiger partial charge in [-0.1, -0.05) is 0 Å². The van der Waals surface area contributed by atoms with Gasteiger partial charge >= 0.3 is 0 Å². The van der Waals surface area contributed by atoms with E-state index >= 15 is 0 Å². The molecule has 0 bridgehead atoms. The molecule has 1 saturated heterocycles. The van der Waals surface area contributed by atoms with E-state index in [1.165, 1.54) is 12.4 Å². The number of phenols is 1. The van der Waals surface area contributed by atoms with Gasteiger partial charge in [0.1, 0.15) is 5.75 Å². The van der Waals surface area contributed by atoms with Gasteiger partial charge in [-0.2, -0.15) is 0 Å². The van der Waals surface area contributed by atoms with E-state index in [-0.39, 0.29) is 18.1 Å². The number of nitrogens with one attached hydrogen (secondary N) is 1. The van der Waals surface area contributed by atoms with E-state index < -0.39 is 18.6 Å². The summed E-state index contributed by atoms with van der Waals surface area (Å²) in [6, 6.07) is 5.09. The van der Waals surface area contributed by atoms with Gasteiger partial charge in [0.05, 0.1) is 36.6 Å². The van der Waals surface area contributed by atoms with Crippen LogP contribution in [0.2, 0.25) is 0 Å². The zero-order valence-corrected chi connectivity index (χ0v) is 14.2. The monoisotopic (exact) mass is 373 g/mol. The molecule has 3 aromatic rings. The minimum Gasteiger partial charge on any atom is -0.507 e. The smallest absolute Gasteiger partial charge is 0.296 e. The molecule has 2 aromatic heterocycles. The summed E-state index contributed by atoms with van der Waals surface area (Å²) in [6.45, 7) is 0.0449. The first-order valence-corrected chi connectivity index (χ1v) is 8.42. The molecule has 0 spiro atoms. The summed E-state index contributed by atoms with van der Waals surface area (Å²) in [4.78, 5) is 12.2. The molecule has 140 valence electrons. The van der Waals surface area contributed by atoms with Gasteiger partial charge in [-0.15, -0.1) is 0 Å². The van der Waals surface area contributed by atoms with E-state index in [1.807, 2.05) is 0 Å². The van der Waals surface area contributed by atoms with Crippen LogP contribution in [0.4, 0.5) is 8.78 Å². The SMILES string of the molecule is Oc1cc(-n2ccnc2)ccc1-c1cnc(OC2CCNCC2(F)F)cn1. The number of piperidine rings is 1. The molecule has 9 heteroatoms. The molecule has 2 N–H and O–H groups in total. The van der Waals surface area contributed by atoms with Crippen LogP contribution in [-0.4, -0.2) is 49.7 Å². The second kappa shape index (κ2) is 6.92. The largest absolute Gasteiger partial charge is 0.507 e. The van der Waals surface area contributed by atoms with Crippen molar-refractivity contribution < 1.29 is 18.6 Å². The minimum absolute atomic E-state index is 0.0223. The molecule has 1 aromatic carbocycles. The molecule has 0 aliphatic carbocycles. The van der Waals surface area contributed by atoms with Gasteiger partial charge in [-0.3, -0.25) is 0 Å². The molecule has 27 heavy (non-hydrogen) atoms. The van der Waals surface area contributed by atoms with Crippen molar-refractivity contribution in [1.82, 2.24) is 24.8 Å². The van der Waals surface area contributed by atoms with Crippen molar-refractivity contribution in [3.05, 3.63) is 49.3 Å². The Labute approximate surface area is 153 Å². The Hall–Kier alpha value is -3.07. The van der Waals surface area contributed by atoms with Crippen LogP contribution in [0.15, 0.2) is 49.3 Å². The van der Waals surface area contributed by atoms with Gasteiger partial charge < -0.3 is 19.7 Å². The van der Waals surface area contributed by atoms with E-state index in [9.17, 15) is 13.9 Å². The molecule has 3 heterocycles. The summed E-state index contributed by atoms with van der Waals surface area (Å²) in [7, 11) is 0. The van der Waals surface area contributed by atoms with Crippen molar-refractivity contribution >= 4 is 0 Å². The number of aromatic nitrogens is 4. The zero-order valence-electron chi connectivity index (χ0n) is 14.2. The number of hydrogen-bond donors (Lipinski definition) is 2. The van der Waals surface area contributed by atoms with Crippen LogP contribution in [-0.2, 0) is 0 Å². The number of halogens is 2. The van der Waals surface area contributed by atoms with Crippen molar-refractivity contribution in [1.29, 1.82) is 0 Å². The highest BCUT2D eigenvalue weighted by atomic mass is 19.3. The van der Waals surface area contributed by atoms with Gasteiger partial charge in [-0.25, -0.2) is 23.7 Å². The lowest BCUT2D eigenvalue weighted by atomic mass is 10.1. The van der Waals surface area contributed by atoms with Crippen LogP contribution >= 0.6 is 0 Å². The van der Waals surface area contributed by atoms with Crippen molar-refractivity contribution in [2.24, 2.45) is 0 Å². The number of alkyl halides is 2. The van der Waals surface area contributed by atoms with Crippen molar-refractivity contribution in [3.8, 4) is 28.6 Å². The topological polar surface area (TPSA) is 85.1 Å². The maximum Gasteiger partial charge on any atom is 0.296 e. The third-order valence-corrected chi connectivity index (χ3v) is 4.37. The summed E-state index contributed by atoms with van der Waals surface area (Å²) in [6.07, 6.45) is 6.65. The molecule has 1 aliphatic heterocycles. The predicted molar refractivity (Wildman–Crippen MR) is 93.1 cm³/mol. The standard InChI is InChI=1S/C18H17F2N5O2/c19-18(20)10-21-4-3-16(18)27-17-9-23-14(8-24-17)13-2-1-12(7-15(13)26)25-6-5-22-11-25/h1-2,5-9,11,16,21,26H,3-4,10H2. The fourth-order valence-electron chi connectivity index (χ4n) is 2.93. The van der Waals surface area contributed by atoms with E-state index in [0.717, 1.165) is 5.69 Å². The molecule has 1 unspecified atom stereocenters. The van der Waals surface area contributed by atoms with Crippen molar-refractivity contribution in [2.75, 3.05) is 13.1 Å². The molecule has 7 nitrogen and oxygen atoms in total. The zero-order chi connectivity index (χ0) is 18.9. The summed E-state index contributed by atoms with van der Waals surface area (Å²) in [5.74, 6) is -2.91. The number of imidazole rings is 1. The number of aromatic hydroxyl groups is 1. The Morgan fingerprint density at radius 1 is 1.26 bits per heavy atom. The fraction of sp³-hybridized carbons (Fsp3) is 0.278. The Bertz CT molecular complexity index is 916. The van der Waals surface area contributed by atoms with E-state index in [0.29, 0.717) is 17.8 Å². The van der Waals surface area contributed by atoms with E-state index in [2.05, 4.69) is 20.3 Å². The summed E-state index contributed by atoms with van der Waals surface area (Å²) in [5, 5.41) is 12.9. The maximum absolute atomic E-state index is 13.8. The van der Waals surface area contributed by atoms with Crippen LogP contribution in [0.1, 0.15) is 6.42 Å². The van der Waals surface area contributed by atoms with Crippen LogP contribution in [0.5, 0.6) is 11.6 Å². The summed E-state index contributed by atoms with van der Waals surface area (Å²) < 4.78 is 34.7. The third-order valence-electron chi connectivity index (χ3n) is 4.37. The molecule has 1 atom stereocenters. The third kappa shape index (κ3) is 3.59. The van der Waals surface area contributed by atoms with E-state index in [1.54, 1.807) is 41.5 Å². The molecular formula is C18H17F2N5O2. The summed E-state index contributed by atoms with van der Waals surface area (Å²) in [5.41, 5.74) is 1.63. The molecule has 0 amide bonds. The number of benzene rings is 1. The Morgan fingerprint density at radius 3 is 2.81 bits per heavy atom. The predicted octanol–water partition coefficient (Wildman–Crippen LogP) is 2.41. The quantitative estimate of drug-likeness (QED) is 0.731. The first kappa shape index (κ1) is 17.3. The highest BCUT2D eigenvalue weighted by Crippen LogP contribution is 2.31. The normalized spacial score (nSPS) is 19.0. The molecular weight excluding hydrogens is 356 g/mol. The lowest BCUT2D eigenvalue weighted by Crippen LogP contribution is -2.52. The number of rotatable bonds is 4. The number of ether oxygens (including phenoxy) is 1. The van der Waals surface area contributed by atoms with Crippen LogP contribution in [0, 0.1) is 0 Å². The van der Waals surface area contributed by atoms with Crippen LogP contribution in [0.25, 0.3) is 16.9 Å². The number of hydrogen-bond acceptors (Lipinski definition) is 6. The van der Waals surface area contributed by atoms with Gasteiger partial charge in [0.15, 0.2) is 6.10 Å². The first-order valence-electron chi connectivity index (χ1n) is 8.42. The highest BCUT2D eigenvalue weighted by Gasteiger charge is 2.43. The molecule has 0 saturated carbocycles. The van der Waals surface area contributed by atoms with Crippen LogP contribution < -0.4 is 10.1 Å². The van der Waals surface area contributed by atoms with Crippen LogP contribution in [0.3, 0.4) is 0 Å². The Morgan fingerprint density at radius 2 is 2.15 bits per heavy atom. The lowest BCUT2D eigenvalue weighted by molar-refractivity contribution is -0.110. The number of nitrogens with zero attached hydrogens (tertiary/aromatic N) is 4. The minimum atomic E-state index is -2.96. The molecule has 1 fully saturated rings. The average molecular weight is 373 g/mol. The number of phenolic OH excluding ortho intramolecular Hbond substituents is 1. The van der Waals surface area contributed by atoms with E-state index in [4.69, 9.17) is 4.74 Å². The first-order chi connectivity index (χ1) is 13.0. The maximum atomic E-state index is 13.8. The fourth-order valence-corrected chi connectivity index (χ4v) is 2.93. The summed E-state index contributed by atoms with van der Waals surface area (Å²) >= 11 is 0. The Kier molecular flexibility index (Phi) is 4.44. The van der Waals surface area contributed by atoms with Crippen molar-refractivity contribution in [3.63, 3.8) is 0 Å². The molecule has 1 aliphatic rings. The van der Waals surface area contributed by atoms with Gasteiger partial charge in [0.2, 0.25) is 5.88 Å². The second-order valence-corrected chi connectivity index (χ2v) is 6.24. The second-order valence-electron chi connectivity index (χ2n) is 6.24. The Balaban J connectivity index is 1.52. The van der Waals surface area contributed by atoms with Crippen molar-refractivity contribution in [2.45, 2.75) is 18.4 Å².